The molecule has 0 radical (unpaired) electrons. The Balaban J connectivity index is 1.92. The number of aryl methyl sites for hydroxylation is 2. The molecular weight excluding hydrogens is 316 g/mol. The van der Waals surface area contributed by atoms with Crippen LogP contribution in [0.1, 0.15) is 31.4 Å². The highest BCUT2D eigenvalue weighted by molar-refractivity contribution is 5.96. The number of nitrogens with one attached hydrogen (secondary N) is 2. The van der Waals surface area contributed by atoms with Crippen LogP contribution in [0.3, 0.4) is 0 Å². The maximum atomic E-state index is 12.3. The molecule has 3 N–H and O–H groups in total. The summed E-state index contributed by atoms with van der Waals surface area (Å²) < 4.78 is 0. The molecule has 2 rings (SSSR count). The first kappa shape index (κ1) is 18.7. The number of carbonyl (C=O) groups is 2. The van der Waals surface area contributed by atoms with Crippen LogP contribution in [0.25, 0.3) is 0 Å². The Morgan fingerprint density at radius 3 is 2.04 bits per heavy atom. The molecule has 25 heavy (non-hydrogen) atoms. The number of aliphatic hydroxyl groups is 1. The van der Waals surface area contributed by atoms with Crippen molar-refractivity contribution in [3.63, 3.8) is 0 Å². The van der Waals surface area contributed by atoms with E-state index in [-0.39, 0.29) is 5.91 Å². The zero-order chi connectivity index (χ0) is 18.4. The fourth-order valence-electron chi connectivity index (χ4n) is 2.36. The molecule has 5 nitrogen and oxygen atoms in total. The maximum absolute atomic E-state index is 12.3. The topological polar surface area (TPSA) is 78.4 Å². The van der Waals surface area contributed by atoms with E-state index in [1.54, 1.807) is 12.1 Å². The number of hydrogen-bond acceptors (Lipinski definition) is 3. The molecule has 0 saturated heterocycles. The van der Waals surface area contributed by atoms with Gasteiger partial charge in [0.1, 0.15) is 5.60 Å². The average Bonchev–Trinajstić information content (AvgIpc) is 2.56. The predicted octanol–water partition coefficient (Wildman–Crippen LogP) is 3.28. The molecule has 2 aromatic carbocycles. The van der Waals surface area contributed by atoms with Gasteiger partial charge >= 0.3 is 0 Å². The van der Waals surface area contributed by atoms with Crippen LogP contribution in [0.15, 0.2) is 48.5 Å². The first-order chi connectivity index (χ1) is 11.8. The van der Waals surface area contributed by atoms with Crippen LogP contribution >= 0.6 is 0 Å². The van der Waals surface area contributed by atoms with Gasteiger partial charge in [0, 0.05) is 18.3 Å². The molecule has 0 aliphatic heterocycles. The van der Waals surface area contributed by atoms with Gasteiger partial charge in [-0.2, -0.15) is 0 Å². The van der Waals surface area contributed by atoms with Gasteiger partial charge in [-0.15, -0.1) is 0 Å². The number of hydrogen-bond donors (Lipinski definition) is 3. The summed E-state index contributed by atoms with van der Waals surface area (Å²) >= 11 is 0. The van der Waals surface area contributed by atoms with E-state index in [1.165, 1.54) is 13.8 Å². The molecule has 0 aliphatic rings. The first-order valence-corrected chi connectivity index (χ1v) is 8.23. The zero-order valence-corrected chi connectivity index (χ0v) is 14.8. The quantitative estimate of drug-likeness (QED) is 0.755. The van der Waals surface area contributed by atoms with E-state index in [9.17, 15) is 14.7 Å². The standard InChI is InChI=1S/C20H24N2O3/c1-14-4-8-18(9-5-14)22-19(24)20(3,25)13-12-16-6-10-17(11-7-16)21-15(2)23/h4-11,25H,12-13H2,1-3H3,(H,21,23)(H,22,24)/t20-/m0/s1. The highest BCUT2D eigenvalue weighted by atomic mass is 16.3. The lowest BCUT2D eigenvalue weighted by molar-refractivity contribution is -0.132. The Labute approximate surface area is 148 Å². The molecule has 0 spiro atoms. The fourth-order valence-corrected chi connectivity index (χ4v) is 2.36. The van der Waals surface area contributed by atoms with Gasteiger partial charge in [0.05, 0.1) is 0 Å². The molecule has 0 aliphatic carbocycles. The van der Waals surface area contributed by atoms with Gasteiger partial charge in [-0.1, -0.05) is 29.8 Å². The van der Waals surface area contributed by atoms with Crippen LogP contribution in [-0.2, 0) is 16.0 Å². The summed E-state index contributed by atoms with van der Waals surface area (Å²) in [6.07, 6.45) is 0.846. The summed E-state index contributed by atoms with van der Waals surface area (Å²) in [4.78, 5) is 23.3. The summed E-state index contributed by atoms with van der Waals surface area (Å²) in [6.45, 7) is 4.94. The van der Waals surface area contributed by atoms with Crippen molar-refractivity contribution in [3.05, 3.63) is 59.7 Å². The number of carbonyl (C=O) groups excluding carboxylic acids is 2. The van der Waals surface area contributed by atoms with Crippen molar-refractivity contribution in [1.29, 1.82) is 0 Å². The summed E-state index contributed by atoms with van der Waals surface area (Å²) in [5, 5.41) is 15.9. The van der Waals surface area contributed by atoms with Gasteiger partial charge in [0.25, 0.3) is 5.91 Å². The van der Waals surface area contributed by atoms with Crippen molar-refractivity contribution in [2.24, 2.45) is 0 Å². The Morgan fingerprint density at radius 1 is 0.960 bits per heavy atom. The second-order valence-electron chi connectivity index (χ2n) is 6.47. The molecule has 132 valence electrons. The maximum Gasteiger partial charge on any atom is 0.256 e. The Hall–Kier alpha value is -2.66. The van der Waals surface area contributed by atoms with Gasteiger partial charge in [-0.25, -0.2) is 0 Å². The predicted molar refractivity (Wildman–Crippen MR) is 99.5 cm³/mol. The Bertz CT molecular complexity index is 735. The van der Waals surface area contributed by atoms with Crippen LogP contribution in [0.4, 0.5) is 11.4 Å². The second-order valence-corrected chi connectivity index (χ2v) is 6.47. The molecule has 0 bridgehead atoms. The zero-order valence-electron chi connectivity index (χ0n) is 14.8. The van der Waals surface area contributed by atoms with Crippen molar-refractivity contribution in [2.75, 3.05) is 10.6 Å². The average molecular weight is 340 g/mol. The Kier molecular flexibility index (Phi) is 5.93. The van der Waals surface area contributed by atoms with Crippen molar-refractivity contribution >= 4 is 23.2 Å². The third-order valence-electron chi connectivity index (χ3n) is 3.97. The molecule has 2 aromatic rings. The second kappa shape index (κ2) is 7.94. The molecular formula is C20H24N2O3. The summed E-state index contributed by atoms with van der Waals surface area (Å²) in [7, 11) is 0. The molecule has 0 unspecified atom stereocenters. The molecule has 0 fully saturated rings. The minimum absolute atomic E-state index is 0.122. The van der Waals surface area contributed by atoms with Crippen LogP contribution in [0, 0.1) is 6.92 Å². The van der Waals surface area contributed by atoms with Gasteiger partial charge in [-0.05, 0) is 56.5 Å². The van der Waals surface area contributed by atoms with Crippen LogP contribution in [-0.4, -0.2) is 22.5 Å². The summed E-state index contributed by atoms with van der Waals surface area (Å²) in [5.74, 6) is -0.547. The summed E-state index contributed by atoms with van der Waals surface area (Å²) in [6, 6.07) is 14.8. The fraction of sp³-hybridized carbons (Fsp3) is 0.300. The molecule has 2 amide bonds. The van der Waals surface area contributed by atoms with Gasteiger partial charge in [-0.3, -0.25) is 9.59 Å². The molecule has 5 heteroatoms. The van der Waals surface area contributed by atoms with E-state index in [0.29, 0.717) is 18.5 Å². The van der Waals surface area contributed by atoms with E-state index in [1.807, 2.05) is 43.3 Å². The molecule has 1 atom stereocenters. The van der Waals surface area contributed by atoms with Gasteiger partial charge in [0.15, 0.2) is 0 Å². The largest absolute Gasteiger partial charge is 0.380 e. The SMILES string of the molecule is CC(=O)Nc1ccc(CC[C@](C)(O)C(=O)Nc2ccc(C)cc2)cc1. The first-order valence-electron chi connectivity index (χ1n) is 8.23. The Morgan fingerprint density at radius 2 is 1.48 bits per heavy atom. The van der Waals surface area contributed by atoms with Crippen LogP contribution in [0.2, 0.25) is 0 Å². The number of benzene rings is 2. The lowest BCUT2D eigenvalue weighted by atomic mass is 9.95. The number of anilines is 2. The smallest absolute Gasteiger partial charge is 0.256 e. The highest BCUT2D eigenvalue weighted by Crippen LogP contribution is 2.19. The number of rotatable bonds is 6. The monoisotopic (exact) mass is 340 g/mol. The van der Waals surface area contributed by atoms with Gasteiger partial charge in [0.2, 0.25) is 5.91 Å². The lowest BCUT2D eigenvalue weighted by Gasteiger charge is -2.22. The van der Waals surface area contributed by atoms with Crippen molar-refractivity contribution in [1.82, 2.24) is 0 Å². The third kappa shape index (κ3) is 5.72. The van der Waals surface area contributed by atoms with E-state index in [4.69, 9.17) is 0 Å². The minimum Gasteiger partial charge on any atom is -0.380 e. The van der Waals surface area contributed by atoms with Crippen molar-refractivity contribution in [2.45, 2.75) is 39.2 Å². The highest BCUT2D eigenvalue weighted by Gasteiger charge is 2.29. The molecule has 0 heterocycles. The molecule has 0 aromatic heterocycles. The molecule has 0 saturated carbocycles. The van der Waals surface area contributed by atoms with E-state index in [0.717, 1.165) is 16.8 Å². The number of amides is 2. The minimum atomic E-state index is -1.47. The normalized spacial score (nSPS) is 13.0. The van der Waals surface area contributed by atoms with E-state index >= 15 is 0 Å². The van der Waals surface area contributed by atoms with Crippen molar-refractivity contribution in [3.8, 4) is 0 Å². The van der Waals surface area contributed by atoms with E-state index < -0.39 is 11.5 Å². The van der Waals surface area contributed by atoms with Crippen LogP contribution in [0.5, 0.6) is 0 Å². The van der Waals surface area contributed by atoms with E-state index in [2.05, 4.69) is 10.6 Å². The summed E-state index contributed by atoms with van der Waals surface area (Å²) in [5.41, 5.74) is 2.00. The van der Waals surface area contributed by atoms with Crippen molar-refractivity contribution < 1.29 is 14.7 Å². The third-order valence-corrected chi connectivity index (χ3v) is 3.97. The van der Waals surface area contributed by atoms with Gasteiger partial charge < -0.3 is 15.7 Å². The lowest BCUT2D eigenvalue weighted by Crippen LogP contribution is -2.40. The van der Waals surface area contributed by atoms with Crippen LogP contribution < -0.4 is 10.6 Å².